The number of carbonyl (C=O) groups is 1. The van der Waals surface area contributed by atoms with Crippen LogP contribution in [0.4, 0.5) is 5.69 Å². The highest BCUT2D eigenvalue weighted by atomic mass is 35.5. The molecule has 0 atom stereocenters. The highest BCUT2D eigenvalue weighted by molar-refractivity contribution is 6.64. The zero-order chi connectivity index (χ0) is 16.4. The van der Waals surface area contributed by atoms with Gasteiger partial charge in [0.1, 0.15) is 0 Å². The molecule has 116 valence electrons. The van der Waals surface area contributed by atoms with Gasteiger partial charge in [-0.15, -0.1) is 0 Å². The number of halogens is 1. The summed E-state index contributed by atoms with van der Waals surface area (Å²) < 4.78 is 5.54. The monoisotopic (exact) mass is 313 g/mol. The number of hydrogen-bond donors (Lipinski definition) is 3. The van der Waals surface area contributed by atoms with Gasteiger partial charge in [0.15, 0.2) is 0 Å². The summed E-state index contributed by atoms with van der Waals surface area (Å²) in [5.41, 5.74) is -1.33. The van der Waals surface area contributed by atoms with Crippen LogP contribution in [0.15, 0.2) is 18.2 Å². The lowest BCUT2D eigenvalue weighted by molar-refractivity contribution is -0.114. The molecule has 7 heteroatoms. The van der Waals surface area contributed by atoms with Gasteiger partial charge in [-0.25, -0.2) is 0 Å². The molecule has 1 amide bonds. The Labute approximate surface area is 130 Å². The molecular weight excluding hydrogens is 292 g/mol. The molecule has 1 rings (SSSR count). The van der Waals surface area contributed by atoms with E-state index in [0.29, 0.717) is 16.2 Å². The van der Waals surface area contributed by atoms with Crippen LogP contribution in [0.2, 0.25) is 5.02 Å². The van der Waals surface area contributed by atoms with Crippen molar-refractivity contribution in [3.05, 3.63) is 23.2 Å². The highest BCUT2D eigenvalue weighted by Crippen LogP contribution is 2.26. The van der Waals surface area contributed by atoms with E-state index in [4.69, 9.17) is 16.3 Å². The number of anilines is 1. The van der Waals surface area contributed by atoms with Gasteiger partial charge in [0.2, 0.25) is 5.91 Å². The molecule has 3 N–H and O–H groups in total. The van der Waals surface area contributed by atoms with Crippen molar-refractivity contribution in [3.63, 3.8) is 0 Å². The molecule has 0 unspecified atom stereocenters. The van der Waals surface area contributed by atoms with Gasteiger partial charge >= 0.3 is 7.12 Å². The van der Waals surface area contributed by atoms with E-state index in [0.717, 1.165) is 0 Å². The summed E-state index contributed by atoms with van der Waals surface area (Å²) in [4.78, 5) is 11.1. The summed E-state index contributed by atoms with van der Waals surface area (Å²) in [5.74, 6) is -0.226. The molecule has 0 aromatic heterocycles. The van der Waals surface area contributed by atoms with E-state index in [2.05, 4.69) is 5.32 Å². The first-order chi connectivity index (χ1) is 9.44. The Bertz CT molecular complexity index is 528. The first kappa shape index (κ1) is 18.0. The molecule has 0 bridgehead atoms. The van der Waals surface area contributed by atoms with Gasteiger partial charge in [-0.05, 0) is 45.9 Å². The Hall–Kier alpha value is -1.08. The van der Waals surface area contributed by atoms with Gasteiger partial charge in [0, 0.05) is 23.1 Å². The van der Waals surface area contributed by atoms with Crippen molar-refractivity contribution >= 4 is 35.8 Å². The molecule has 0 radical (unpaired) electrons. The molecule has 0 heterocycles. The van der Waals surface area contributed by atoms with Crippen LogP contribution >= 0.6 is 11.6 Å². The number of amides is 1. The number of carbonyl (C=O) groups excluding carboxylic acids is 1. The minimum Gasteiger partial charge on any atom is -0.423 e. The molecule has 21 heavy (non-hydrogen) atoms. The SMILES string of the molecule is CC(=O)Nc1ccc(Cl)c(B(O)OC(C)(C)C(C)(C)O)c1. The zero-order valence-electron chi connectivity index (χ0n) is 12.9. The van der Waals surface area contributed by atoms with Crippen LogP contribution in [0.1, 0.15) is 34.6 Å². The van der Waals surface area contributed by atoms with Crippen molar-refractivity contribution in [1.29, 1.82) is 0 Å². The molecule has 0 aliphatic rings. The van der Waals surface area contributed by atoms with Crippen molar-refractivity contribution < 1.29 is 19.6 Å². The first-order valence-corrected chi connectivity index (χ1v) is 6.97. The Morgan fingerprint density at radius 1 is 1.33 bits per heavy atom. The topological polar surface area (TPSA) is 78.8 Å². The van der Waals surface area contributed by atoms with Crippen molar-refractivity contribution in [2.45, 2.75) is 45.8 Å². The van der Waals surface area contributed by atoms with Crippen molar-refractivity contribution in [2.75, 3.05) is 5.32 Å². The number of hydrogen-bond acceptors (Lipinski definition) is 4. The van der Waals surface area contributed by atoms with E-state index in [1.54, 1.807) is 39.8 Å². The molecule has 0 saturated carbocycles. The lowest BCUT2D eigenvalue weighted by atomic mass is 9.76. The Balaban J connectivity index is 3.01. The van der Waals surface area contributed by atoms with Crippen molar-refractivity contribution in [3.8, 4) is 0 Å². The fourth-order valence-electron chi connectivity index (χ4n) is 1.50. The van der Waals surface area contributed by atoms with Crippen LogP contribution in [-0.4, -0.2) is 34.4 Å². The van der Waals surface area contributed by atoms with Gasteiger partial charge in [-0.2, -0.15) is 0 Å². The Morgan fingerprint density at radius 2 is 1.90 bits per heavy atom. The summed E-state index contributed by atoms with van der Waals surface area (Å²) >= 11 is 6.06. The van der Waals surface area contributed by atoms with Crippen molar-refractivity contribution in [1.82, 2.24) is 0 Å². The van der Waals surface area contributed by atoms with Gasteiger partial charge in [0.05, 0.1) is 11.2 Å². The van der Waals surface area contributed by atoms with E-state index in [1.807, 2.05) is 0 Å². The second-order valence-corrected chi connectivity index (χ2v) is 6.36. The summed E-state index contributed by atoms with van der Waals surface area (Å²) in [6, 6.07) is 4.72. The molecule has 0 saturated heterocycles. The Morgan fingerprint density at radius 3 is 2.38 bits per heavy atom. The minimum atomic E-state index is -1.33. The second kappa shape index (κ2) is 6.36. The zero-order valence-corrected chi connectivity index (χ0v) is 13.7. The van der Waals surface area contributed by atoms with E-state index >= 15 is 0 Å². The molecule has 0 aliphatic carbocycles. The van der Waals surface area contributed by atoms with Crippen LogP contribution in [0.5, 0.6) is 0 Å². The number of nitrogens with one attached hydrogen (secondary N) is 1. The average Bonchev–Trinajstić information content (AvgIpc) is 2.28. The molecule has 0 fully saturated rings. The van der Waals surface area contributed by atoms with Crippen LogP contribution in [0.3, 0.4) is 0 Å². The van der Waals surface area contributed by atoms with Crippen LogP contribution in [0, 0.1) is 0 Å². The van der Waals surface area contributed by atoms with Gasteiger partial charge in [-0.1, -0.05) is 11.6 Å². The normalized spacial score (nSPS) is 12.2. The third kappa shape index (κ3) is 4.71. The van der Waals surface area contributed by atoms with E-state index in [-0.39, 0.29) is 5.91 Å². The first-order valence-electron chi connectivity index (χ1n) is 6.59. The van der Waals surface area contributed by atoms with Crippen LogP contribution < -0.4 is 10.8 Å². The van der Waals surface area contributed by atoms with E-state index < -0.39 is 18.3 Å². The quantitative estimate of drug-likeness (QED) is 0.721. The smallest absolute Gasteiger partial charge is 0.423 e. The van der Waals surface area contributed by atoms with Gasteiger partial charge < -0.3 is 20.1 Å². The van der Waals surface area contributed by atoms with Gasteiger partial charge in [-0.3, -0.25) is 4.79 Å². The number of benzene rings is 1. The molecular formula is C14H21BClNO4. The summed E-state index contributed by atoms with van der Waals surface area (Å²) in [6.45, 7) is 7.91. The van der Waals surface area contributed by atoms with E-state index in [1.165, 1.54) is 13.0 Å². The summed E-state index contributed by atoms with van der Waals surface area (Å²) in [5, 5.41) is 23.2. The molecule has 0 spiro atoms. The third-order valence-corrected chi connectivity index (χ3v) is 3.81. The predicted molar refractivity (Wildman–Crippen MR) is 84.8 cm³/mol. The van der Waals surface area contributed by atoms with Crippen LogP contribution in [0.25, 0.3) is 0 Å². The largest absolute Gasteiger partial charge is 0.493 e. The van der Waals surface area contributed by atoms with Crippen LogP contribution in [-0.2, 0) is 9.45 Å². The number of rotatable bonds is 5. The predicted octanol–water partition coefficient (Wildman–Crippen LogP) is 1.55. The highest BCUT2D eigenvalue weighted by Gasteiger charge is 2.40. The molecule has 1 aromatic carbocycles. The molecule has 5 nitrogen and oxygen atoms in total. The fraction of sp³-hybridized carbons (Fsp3) is 0.500. The minimum absolute atomic E-state index is 0.226. The van der Waals surface area contributed by atoms with E-state index in [9.17, 15) is 14.9 Å². The maximum absolute atomic E-state index is 11.1. The maximum atomic E-state index is 11.1. The summed E-state index contributed by atoms with van der Waals surface area (Å²) in [7, 11) is -1.33. The van der Waals surface area contributed by atoms with Gasteiger partial charge in [0.25, 0.3) is 0 Å². The fourth-order valence-corrected chi connectivity index (χ4v) is 1.71. The second-order valence-electron chi connectivity index (χ2n) is 5.96. The lowest BCUT2D eigenvalue weighted by Crippen LogP contribution is -2.53. The molecule has 0 aliphatic heterocycles. The number of aliphatic hydroxyl groups is 1. The Kier molecular flexibility index (Phi) is 5.44. The standard InChI is InChI=1S/C14H21BClNO4/c1-9(18)17-10-6-7-12(16)11(8-10)15(20)21-14(4,5)13(2,3)19/h6-8,19-20H,1-5H3,(H,17,18). The lowest BCUT2D eigenvalue weighted by Gasteiger charge is -2.38. The third-order valence-electron chi connectivity index (χ3n) is 3.46. The van der Waals surface area contributed by atoms with Crippen molar-refractivity contribution in [2.24, 2.45) is 0 Å². The molecule has 1 aromatic rings. The summed E-state index contributed by atoms with van der Waals surface area (Å²) in [6.07, 6.45) is 0. The average molecular weight is 314 g/mol. The maximum Gasteiger partial charge on any atom is 0.493 e.